The molecule has 24 heavy (non-hydrogen) atoms. The average molecular weight is 329 g/mol. The number of nitro groups is 2. The predicted octanol–water partition coefficient (Wildman–Crippen LogP) is 3.63. The lowest BCUT2D eigenvalue weighted by atomic mass is 10.0. The maximum Gasteiger partial charge on any atom is 0.279 e. The second-order valence-electron chi connectivity index (χ2n) is 5.12. The highest BCUT2D eigenvalue weighted by molar-refractivity contribution is 6.06. The summed E-state index contributed by atoms with van der Waals surface area (Å²) in [7, 11) is 0. The molecule has 0 aliphatic heterocycles. The summed E-state index contributed by atoms with van der Waals surface area (Å²) >= 11 is 0. The molecule has 0 spiro atoms. The van der Waals surface area contributed by atoms with Gasteiger partial charge in [-0.3, -0.25) is 25.0 Å². The summed E-state index contributed by atoms with van der Waals surface area (Å²) in [4.78, 5) is 33.1. The number of nitrogens with one attached hydrogen (secondary N) is 1. The highest BCUT2D eigenvalue weighted by Gasteiger charge is 2.24. The van der Waals surface area contributed by atoms with E-state index in [2.05, 4.69) is 5.32 Å². The first-order chi connectivity index (χ1) is 11.3. The second-order valence-corrected chi connectivity index (χ2v) is 5.12. The molecule has 0 unspecified atom stereocenters. The van der Waals surface area contributed by atoms with E-state index in [1.54, 1.807) is 12.1 Å². The molecular formula is C16H15N3O5. The van der Waals surface area contributed by atoms with Gasteiger partial charge in [0.25, 0.3) is 17.3 Å². The van der Waals surface area contributed by atoms with Gasteiger partial charge in [0.05, 0.1) is 21.5 Å². The van der Waals surface area contributed by atoms with Gasteiger partial charge in [-0.2, -0.15) is 0 Å². The number of nitrogens with zero attached hydrogens (tertiary/aromatic N) is 2. The van der Waals surface area contributed by atoms with Gasteiger partial charge in [-0.05, 0) is 25.0 Å². The Balaban J connectivity index is 2.48. The Morgan fingerprint density at radius 1 is 1.12 bits per heavy atom. The number of amides is 1. The molecule has 0 aliphatic rings. The molecule has 2 aromatic rings. The van der Waals surface area contributed by atoms with E-state index in [0.29, 0.717) is 12.1 Å². The molecular weight excluding hydrogens is 314 g/mol. The Labute approximate surface area is 137 Å². The normalized spacial score (nSPS) is 10.2. The van der Waals surface area contributed by atoms with Crippen molar-refractivity contribution < 1.29 is 14.6 Å². The molecule has 2 aromatic carbocycles. The lowest BCUT2D eigenvalue weighted by molar-refractivity contribution is -0.394. The molecule has 8 nitrogen and oxygen atoms in total. The molecule has 0 bridgehead atoms. The number of anilines is 1. The van der Waals surface area contributed by atoms with Gasteiger partial charge in [-0.15, -0.1) is 0 Å². The van der Waals surface area contributed by atoms with Crippen molar-refractivity contribution in [2.75, 3.05) is 5.32 Å². The van der Waals surface area contributed by atoms with E-state index in [-0.39, 0.29) is 11.1 Å². The number of non-ortho nitro benzene ring substituents is 1. The predicted molar refractivity (Wildman–Crippen MR) is 88.3 cm³/mol. The highest BCUT2D eigenvalue weighted by atomic mass is 16.6. The van der Waals surface area contributed by atoms with Crippen molar-refractivity contribution in [3.63, 3.8) is 0 Å². The Kier molecular flexibility index (Phi) is 4.88. The molecule has 0 fully saturated rings. The lowest BCUT2D eigenvalue weighted by Gasteiger charge is -2.11. The average Bonchev–Trinajstić information content (AvgIpc) is 2.54. The molecule has 1 N–H and O–H groups in total. The monoisotopic (exact) mass is 329 g/mol. The van der Waals surface area contributed by atoms with Gasteiger partial charge in [0, 0.05) is 17.3 Å². The molecule has 0 heterocycles. The summed E-state index contributed by atoms with van der Waals surface area (Å²) in [6.45, 7) is 3.32. The molecule has 0 atom stereocenters. The van der Waals surface area contributed by atoms with Crippen LogP contribution in [0.3, 0.4) is 0 Å². The zero-order valence-corrected chi connectivity index (χ0v) is 13.1. The SMILES string of the molecule is CCc1ccccc1NC(=O)c1cc([N+](=O)[O-])cc([N+](=O)[O-])c1C. The van der Waals surface area contributed by atoms with E-state index in [9.17, 15) is 25.0 Å². The van der Waals surface area contributed by atoms with Crippen LogP contribution in [0.1, 0.15) is 28.4 Å². The van der Waals surface area contributed by atoms with Crippen molar-refractivity contribution >= 4 is 23.0 Å². The van der Waals surface area contributed by atoms with E-state index in [1.165, 1.54) is 6.92 Å². The van der Waals surface area contributed by atoms with Crippen molar-refractivity contribution in [3.8, 4) is 0 Å². The number of nitro benzene ring substituents is 2. The first kappa shape index (κ1) is 17.1. The smallest absolute Gasteiger partial charge is 0.279 e. The minimum Gasteiger partial charge on any atom is -0.322 e. The number of aryl methyl sites for hydroxylation is 1. The van der Waals surface area contributed by atoms with Gasteiger partial charge < -0.3 is 5.32 Å². The quantitative estimate of drug-likeness (QED) is 0.664. The number of carbonyl (C=O) groups is 1. The van der Waals surface area contributed by atoms with Crippen LogP contribution in [-0.2, 0) is 6.42 Å². The number of benzene rings is 2. The highest BCUT2D eigenvalue weighted by Crippen LogP contribution is 2.29. The van der Waals surface area contributed by atoms with Crippen molar-refractivity contribution in [2.24, 2.45) is 0 Å². The lowest BCUT2D eigenvalue weighted by Crippen LogP contribution is -2.15. The van der Waals surface area contributed by atoms with E-state index in [4.69, 9.17) is 0 Å². The Bertz CT molecular complexity index is 832. The van der Waals surface area contributed by atoms with Gasteiger partial charge >= 0.3 is 0 Å². The maximum atomic E-state index is 12.5. The van der Waals surface area contributed by atoms with Crippen molar-refractivity contribution in [3.05, 3.63) is 73.3 Å². The van der Waals surface area contributed by atoms with Crippen LogP contribution >= 0.6 is 0 Å². The number of hydrogen-bond acceptors (Lipinski definition) is 5. The minimum absolute atomic E-state index is 0.0806. The number of para-hydroxylation sites is 1. The largest absolute Gasteiger partial charge is 0.322 e. The molecule has 0 saturated heterocycles. The molecule has 0 aromatic heterocycles. The number of carbonyl (C=O) groups excluding carboxylic acids is 1. The van der Waals surface area contributed by atoms with Crippen LogP contribution < -0.4 is 5.32 Å². The standard InChI is InChI=1S/C16H15N3O5/c1-3-11-6-4-5-7-14(11)17-16(20)13-8-12(18(21)22)9-15(10(13)2)19(23)24/h4-9H,3H2,1-2H3,(H,17,20). The fourth-order valence-corrected chi connectivity index (χ4v) is 2.36. The van der Waals surface area contributed by atoms with Gasteiger partial charge in [0.1, 0.15) is 0 Å². The summed E-state index contributed by atoms with van der Waals surface area (Å²) in [5.41, 5.74) is 0.486. The van der Waals surface area contributed by atoms with Gasteiger partial charge in [-0.1, -0.05) is 25.1 Å². The zero-order valence-electron chi connectivity index (χ0n) is 13.1. The Morgan fingerprint density at radius 2 is 1.79 bits per heavy atom. The van der Waals surface area contributed by atoms with Crippen molar-refractivity contribution in [2.45, 2.75) is 20.3 Å². The molecule has 0 saturated carbocycles. The van der Waals surface area contributed by atoms with E-state index < -0.39 is 27.1 Å². The third kappa shape index (κ3) is 3.37. The van der Waals surface area contributed by atoms with Crippen LogP contribution in [0, 0.1) is 27.2 Å². The molecule has 1 amide bonds. The molecule has 124 valence electrons. The minimum atomic E-state index is -0.761. The van der Waals surface area contributed by atoms with Crippen LogP contribution in [0.25, 0.3) is 0 Å². The molecule has 8 heteroatoms. The first-order valence-corrected chi connectivity index (χ1v) is 7.17. The van der Waals surface area contributed by atoms with Gasteiger partial charge in [-0.25, -0.2) is 0 Å². The Morgan fingerprint density at radius 3 is 2.38 bits per heavy atom. The second kappa shape index (κ2) is 6.86. The van der Waals surface area contributed by atoms with E-state index >= 15 is 0 Å². The first-order valence-electron chi connectivity index (χ1n) is 7.17. The topological polar surface area (TPSA) is 115 Å². The summed E-state index contributed by atoms with van der Waals surface area (Å²) in [6, 6.07) is 9.03. The van der Waals surface area contributed by atoms with Crippen molar-refractivity contribution in [1.82, 2.24) is 0 Å². The summed E-state index contributed by atoms with van der Waals surface area (Å²) in [6.07, 6.45) is 0.685. The Hall–Kier alpha value is -3.29. The van der Waals surface area contributed by atoms with Crippen LogP contribution in [0.5, 0.6) is 0 Å². The molecule has 0 aliphatic carbocycles. The van der Waals surface area contributed by atoms with Crippen LogP contribution in [-0.4, -0.2) is 15.8 Å². The molecule has 0 radical (unpaired) electrons. The van der Waals surface area contributed by atoms with Crippen LogP contribution in [0.15, 0.2) is 36.4 Å². The maximum absolute atomic E-state index is 12.5. The van der Waals surface area contributed by atoms with Gasteiger partial charge in [0.2, 0.25) is 0 Å². The van der Waals surface area contributed by atoms with Gasteiger partial charge in [0.15, 0.2) is 0 Å². The summed E-state index contributed by atoms with van der Waals surface area (Å²) in [5, 5.41) is 24.7. The fourth-order valence-electron chi connectivity index (χ4n) is 2.36. The van der Waals surface area contributed by atoms with E-state index in [1.807, 2.05) is 19.1 Å². The van der Waals surface area contributed by atoms with E-state index in [0.717, 1.165) is 17.7 Å². The van der Waals surface area contributed by atoms with Crippen LogP contribution in [0.4, 0.5) is 17.1 Å². The number of hydrogen-bond donors (Lipinski definition) is 1. The molecule has 2 rings (SSSR count). The fraction of sp³-hybridized carbons (Fsp3) is 0.188. The third-order valence-electron chi connectivity index (χ3n) is 3.66. The van der Waals surface area contributed by atoms with Crippen LogP contribution in [0.2, 0.25) is 0 Å². The summed E-state index contributed by atoms with van der Waals surface area (Å²) < 4.78 is 0. The number of rotatable bonds is 5. The zero-order chi connectivity index (χ0) is 17.9. The third-order valence-corrected chi connectivity index (χ3v) is 3.66. The van der Waals surface area contributed by atoms with Crippen molar-refractivity contribution in [1.29, 1.82) is 0 Å². The summed E-state index contributed by atoms with van der Waals surface area (Å²) in [5.74, 6) is -0.625.